The molecule has 184 valence electrons. The molecule has 0 heterocycles. The van der Waals surface area contributed by atoms with Gasteiger partial charge >= 0.3 is 79.9 Å². The molecule has 0 aromatic carbocycles. The minimum atomic E-state index is -1.44. The normalized spacial score (nSPS) is 11.7. The van der Waals surface area contributed by atoms with E-state index in [0.717, 1.165) is 0 Å². The second kappa shape index (κ2) is 25.0. The first kappa shape index (κ1) is 41.6. The van der Waals surface area contributed by atoms with Crippen molar-refractivity contribution in [1.29, 1.82) is 0 Å². The Kier molecular flexibility index (Phi) is 32.5. The molecule has 0 spiro atoms. The molecular formula is C15H21Gd2N3O12. The molecule has 0 amide bonds. The maximum atomic E-state index is 9.86. The quantitative estimate of drug-likeness (QED) is 0.167. The van der Waals surface area contributed by atoms with Crippen LogP contribution in [0.15, 0.2) is 0 Å². The summed E-state index contributed by atoms with van der Waals surface area (Å²) in [5.41, 5.74) is 14.7. The minimum Gasteiger partial charge on any atom is -0.550 e. The number of carboxylic acid groups (broad SMARTS) is 6. The topological polar surface area (TPSA) is 319 Å². The van der Waals surface area contributed by atoms with E-state index in [4.69, 9.17) is 17.2 Å². The van der Waals surface area contributed by atoms with E-state index < -0.39 is 53.9 Å². The summed E-state index contributed by atoms with van der Waals surface area (Å²) < 4.78 is 0. The standard InChI is InChI=1S/3C5H9NO4.2Gd/c3*6-3(5(9)10)1-2-4(7)8;;/h3*3H,1-2,6H2,(H,7,8)(H,9,10);;/q;;;2*+3/p-6/t3*3-;;/m000../s1. The molecule has 6 N–H and O–H groups in total. The molecule has 0 fully saturated rings. The predicted molar refractivity (Wildman–Crippen MR) is 81.7 cm³/mol. The van der Waals surface area contributed by atoms with Gasteiger partial charge in [-0.1, -0.05) is 0 Å². The zero-order valence-corrected chi connectivity index (χ0v) is 20.8. The molecule has 0 aromatic heterocycles. The number of nitrogens with two attached hydrogens (primary N) is 3. The van der Waals surface area contributed by atoms with E-state index in [-0.39, 0.29) is 118 Å². The third-order valence-corrected chi connectivity index (χ3v) is 2.89. The number of carbonyl (C=O) groups excluding carboxylic acids is 6. The summed E-state index contributed by atoms with van der Waals surface area (Å²) in [7, 11) is 0. The van der Waals surface area contributed by atoms with Crippen molar-refractivity contribution < 1.29 is 139 Å². The maximum Gasteiger partial charge on any atom is 3.00 e. The van der Waals surface area contributed by atoms with Crippen LogP contribution in [-0.2, 0) is 28.8 Å². The zero-order chi connectivity index (χ0) is 24.4. The summed E-state index contributed by atoms with van der Waals surface area (Å²) in [5, 5.41) is 58.8. The first-order valence-corrected chi connectivity index (χ1v) is 8.10. The van der Waals surface area contributed by atoms with Gasteiger partial charge in [-0.3, -0.25) is 0 Å². The molecule has 0 rings (SSSR count). The average molecular weight is 750 g/mol. The van der Waals surface area contributed by atoms with Crippen molar-refractivity contribution >= 4 is 35.8 Å². The average Bonchev–Trinajstić information content (AvgIpc) is 2.62. The van der Waals surface area contributed by atoms with Gasteiger partial charge in [-0.15, -0.1) is 0 Å². The Hall–Kier alpha value is -0.651. The third-order valence-electron chi connectivity index (χ3n) is 2.89. The first-order chi connectivity index (χ1) is 13.6. The SMILES string of the molecule is N[C@@H](CCC(=O)[O-])C(=O)[O-].N[C@@H](CCC(=O)[O-])C(=O)[O-].N[C@@H](CCC(=O)[O-])C(=O)[O-].[Gd+3].[Gd+3]. The molecular weight excluding hydrogens is 729 g/mol. The van der Waals surface area contributed by atoms with Crippen LogP contribution >= 0.6 is 0 Å². The number of rotatable bonds is 12. The molecule has 3 atom stereocenters. The minimum absolute atomic E-state index is 0. The van der Waals surface area contributed by atoms with Gasteiger partial charge in [0.25, 0.3) is 0 Å². The van der Waals surface area contributed by atoms with Crippen molar-refractivity contribution in [3.8, 4) is 0 Å². The number of aliphatic carboxylic acids is 6. The van der Waals surface area contributed by atoms with E-state index in [0.29, 0.717) is 0 Å². The van der Waals surface area contributed by atoms with Crippen LogP contribution in [-0.4, -0.2) is 53.9 Å². The van der Waals surface area contributed by atoms with E-state index in [1.807, 2.05) is 0 Å². The van der Waals surface area contributed by atoms with Crippen molar-refractivity contribution in [1.82, 2.24) is 0 Å². The Labute approximate surface area is 246 Å². The molecule has 0 aliphatic carbocycles. The Morgan fingerprint density at radius 3 is 0.719 bits per heavy atom. The van der Waals surface area contributed by atoms with E-state index in [9.17, 15) is 59.4 Å². The van der Waals surface area contributed by atoms with Gasteiger partial charge in [-0.2, -0.15) is 0 Å². The Balaban J connectivity index is -0.000000110. The van der Waals surface area contributed by atoms with Crippen LogP contribution < -0.4 is 47.8 Å². The molecule has 0 bridgehead atoms. The van der Waals surface area contributed by atoms with E-state index in [1.54, 1.807) is 0 Å². The van der Waals surface area contributed by atoms with Crippen LogP contribution in [0.3, 0.4) is 0 Å². The van der Waals surface area contributed by atoms with E-state index in [2.05, 4.69) is 0 Å². The van der Waals surface area contributed by atoms with Crippen molar-refractivity contribution in [3.05, 3.63) is 0 Å². The van der Waals surface area contributed by atoms with Gasteiger partial charge in [0.05, 0.1) is 17.9 Å². The maximum absolute atomic E-state index is 9.86. The Bertz CT molecular complexity index is 525. The summed E-state index contributed by atoms with van der Waals surface area (Å²) in [6.07, 6.45) is -1.50. The van der Waals surface area contributed by atoms with Crippen molar-refractivity contribution in [2.45, 2.75) is 56.7 Å². The molecule has 0 saturated heterocycles. The van der Waals surface area contributed by atoms with Gasteiger partial charge in [0.1, 0.15) is 0 Å². The second-order valence-corrected chi connectivity index (χ2v) is 5.51. The van der Waals surface area contributed by atoms with Gasteiger partial charge in [0.2, 0.25) is 0 Å². The fourth-order valence-electron chi connectivity index (χ4n) is 1.17. The Morgan fingerprint density at radius 1 is 0.469 bits per heavy atom. The molecule has 2 radical (unpaired) electrons. The van der Waals surface area contributed by atoms with Crippen LogP contribution in [0.4, 0.5) is 0 Å². The molecule has 0 unspecified atom stereocenters. The summed E-state index contributed by atoms with van der Waals surface area (Å²) in [5.74, 6) is -8.26. The Morgan fingerprint density at radius 2 is 0.625 bits per heavy atom. The summed E-state index contributed by atoms with van der Waals surface area (Å²) in [4.78, 5) is 58.8. The van der Waals surface area contributed by atoms with E-state index >= 15 is 0 Å². The summed E-state index contributed by atoms with van der Waals surface area (Å²) in [6, 6.07) is -3.63. The van der Waals surface area contributed by atoms with Crippen LogP contribution in [0.1, 0.15) is 38.5 Å². The second-order valence-electron chi connectivity index (χ2n) is 5.51. The van der Waals surface area contributed by atoms with Crippen LogP contribution in [0, 0.1) is 79.9 Å². The van der Waals surface area contributed by atoms with Crippen molar-refractivity contribution in [3.63, 3.8) is 0 Å². The number of hydrogen-bond donors (Lipinski definition) is 3. The molecule has 17 heteroatoms. The first-order valence-electron chi connectivity index (χ1n) is 8.10. The fraction of sp³-hybridized carbons (Fsp3) is 0.600. The van der Waals surface area contributed by atoms with Crippen molar-refractivity contribution in [2.75, 3.05) is 0 Å². The predicted octanol–water partition coefficient (Wildman–Crippen LogP) is -10.2. The van der Waals surface area contributed by atoms with Gasteiger partial charge in [-0.05, 0) is 38.5 Å². The monoisotopic (exact) mass is 751 g/mol. The van der Waals surface area contributed by atoms with Crippen LogP contribution in [0.2, 0.25) is 0 Å². The summed E-state index contributed by atoms with van der Waals surface area (Å²) >= 11 is 0. The zero-order valence-electron chi connectivity index (χ0n) is 16.3. The van der Waals surface area contributed by atoms with Crippen molar-refractivity contribution in [2.24, 2.45) is 17.2 Å². The third kappa shape index (κ3) is 34.0. The number of carboxylic acids is 6. The molecule has 32 heavy (non-hydrogen) atoms. The summed E-state index contributed by atoms with van der Waals surface area (Å²) in [6.45, 7) is 0. The number of hydrogen-bond acceptors (Lipinski definition) is 15. The fourth-order valence-corrected chi connectivity index (χ4v) is 1.17. The smallest absolute Gasteiger partial charge is 0.550 e. The largest absolute Gasteiger partial charge is 3.00 e. The van der Waals surface area contributed by atoms with Crippen LogP contribution in [0.25, 0.3) is 0 Å². The molecule has 0 aliphatic heterocycles. The van der Waals surface area contributed by atoms with Gasteiger partial charge in [-0.25, -0.2) is 0 Å². The van der Waals surface area contributed by atoms with Crippen LogP contribution in [0.5, 0.6) is 0 Å². The van der Waals surface area contributed by atoms with Gasteiger partial charge < -0.3 is 76.6 Å². The molecule has 0 aliphatic rings. The van der Waals surface area contributed by atoms with Gasteiger partial charge in [0.15, 0.2) is 0 Å². The molecule has 0 saturated carbocycles. The van der Waals surface area contributed by atoms with E-state index in [1.165, 1.54) is 0 Å². The molecule has 15 nitrogen and oxygen atoms in total. The molecule has 0 aromatic rings. The van der Waals surface area contributed by atoms with Gasteiger partial charge in [0, 0.05) is 36.0 Å². The number of carbonyl (C=O) groups is 6.